The van der Waals surface area contributed by atoms with Crippen molar-refractivity contribution >= 4 is 40.6 Å². The van der Waals surface area contributed by atoms with Crippen molar-refractivity contribution in [2.45, 2.75) is 51.4 Å². The third-order valence-electron chi connectivity index (χ3n) is 5.07. The molecule has 1 saturated carbocycles. The third kappa shape index (κ3) is 5.50. The van der Waals surface area contributed by atoms with Gasteiger partial charge < -0.3 is 4.74 Å². The molecule has 3 rings (SSSR count). The molecular weight excluding hydrogens is 384 g/mol. The molecule has 0 radical (unpaired) electrons. The third-order valence-corrected chi connectivity index (χ3v) is 6.25. The summed E-state index contributed by atoms with van der Waals surface area (Å²) in [7, 11) is 0. The molecule has 1 heterocycles. The molecule has 2 N–H and O–H groups in total. The first kappa shape index (κ1) is 20.2. The lowest BCUT2D eigenvalue weighted by Gasteiger charge is -2.21. The van der Waals surface area contributed by atoms with E-state index in [0.29, 0.717) is 22.4 Å². The lowest BCUT2D eigenvalue weighted by atomic mass is 9.86. The number of hydrogen-bond donors (Lipinski definition) is 1. The number of thioether (sulfide) groups is 1. The van der Waals surface area contributed by atoms with Crippen LogP contribution < -0.4 is 10.6 Å². The van der Waals surface area contributed by atoms with E-state index in [1.54, 1.807) is 18.2 Å². The average molecular weight is 409 g/mol. The van der Waals surface area contributed by atoms with Crippen LogP contribution in [0.2, 0.25) is 5.02 Å². The Kier molecular flexibility index (Phi) is 7.21. The summed E-state index contributed by atoms with van der Waals surface area (Å²) in [4.78, 5) is 23.5. The van der Waals surface area contributed by atoms with Crippen LogP contribution in [0.5, 0.6) is 5.75 Å². The number of ether oxygens (including phenoxy) is 1. The molecule has 1 aliphatic heterocycles. The summed E-state index contributed by atoms with van der Waals surface area (Å²) in [6.07, 6.45) is 12.1. The summed E-state index contributed by atoms with van der Waals surface area (Å²) in [5.41, 5.74) is 0.726. The van der Waals surface area contributed by atoms with Crippen LogP contribution in [0.1, 0.15) is 56.9 Å². The number of unbranched alkanes of at least 4 members (excludes halogenated alkanes) is 1. The summed E-state index contributed by atoms with van der Waals surface area (Å²) in [5.74, 6) is 6.41. The van der Waals surface area contributed by atoms with Crippen molar-refractivity contribution < 1.29 is 14.3 Å². The van der Waals surface area contributed by atoms with Gasteiger partial charge in [-0.25, -0.2) is 10.9 Å². The van der Waals surface area contributed by atoms with Gasteiger partial charge in [0.25, 0.3) is 5.91 Å². The summed E-state index contributed by atoms with van der Waals surface area (Å²) >= 11 is 7.11. The topological polar surface area (TPSA) is 72.6 Å². The van der Waals surface area contributed by atoms with Crippen LogP contribution in [0.25, 0.3) is 6.08 Å². The van der Waals surface area contributed by atoms with Crippen LogP contribution in [0.15, 0.2) is 23.1 Å². The number of amides is 2. The van der Waals surface area contributed by atoms with Crippen molar-refractivity contribution in [1.29, 1.82) is 0 Å². The maximum absolute atomic E-state index is 11.8. The Balaban J connectivity index is 1.47. The molecule has 0 bridgehead atoms. The van der Waals surface area contributed by atoms with Gasteiger partial charge in [0.05, 0.1) is 16.5 Å². The molecule has 0 aromatic heterocycles. The number of nitrogens with zero attached hydrogens (tertiary/aromatic N) is 1. The second kappa shape index (κ2) is 9.62. The van der Waals surface area contributed by atoms with Gasteiger partial charge in [-0.2, -0.15) is 0 Å². The first-order valence-electron chi connectivity index (χ1n) is 9.49. The molecule has 1 aromatic carbocycles. The van der Waals surface area contributed by atoms with Gasteiger partial charge >= 0.3 is 5.24 Å². The van der Waals surface area contributed by atoms with Crippen molar-refractivity contribution in [2.24, 2.45) is 11.8 Å². The minimum atomic E-state index is -0.501. The highest BCUT2D eigenvalue weighted by Gasteiger charge is 2.32. The highest BCUT2D eigenvalue weighted by atomic mass is 35.5. The zero-order chi connectivity index (χ0) is 19.2. The van der Waals surface area contributed by atoms with E-state index < -0.39 is 11.1 Å². The van der Waals surface area contributed by atoms with E-state index in [-0.39, 0.29) is 4.91 Å². The van der Waals surface area contributed by atoms with E-state index in [0.717, 1.165) is 29.7 Å². The van der Waals surface area contributed by atoms with Crippen LogP contribution in [0.4, 0.5) is 4.79 Å². The van der Waals surface area contributed by atoms with Crippen LogP contribution in [0, 0.1) is 5.92 Å². The summed E-state index contributed by atoms with van der Waals surface area (Å²) in [5, 5.41) is 0.622. The molecule has 146 valence electrons. The molecule has 2 aliphatic rings. The number of carbonyl (C=O) groups is 2. The number of benzene rings is 1. The molecule has 2 fully saturated rings. The quantitative estimate of drug-likeness (QED) is 0.284. The molecular formula is C20H25ClN2O3S. The van der Waals surface area contributed by atoms with Gasteiger partial charge in [-0.1, -0.05) is 56.2 Å². The fourth-order valence-electron chi connectivity index (χ4n) is 3.55. The number of carbonyl (C=O) groups excluding carboxylic acids is 2. The maximum atomic E-state index is 11.8. The predicted octanol–water partition coefficient (Wildman–Crippen LogP) is 5.38. The van der Waals surface area contributed by atoms with Gasteiger partial charge in [-0.15, -0.1) is 0 Å². The summed E-state index contributed by atoms with van der Waals surface area (Å²) in [6, 6.07) is 5.33. The van der Waals surface area contributed by atoms with Gasteiger partial charge in [0.15, 0.2) is 0 Å². The van der Waals surface area contributed by atoms with E-state index in [1.165, 1.54) is 44.9 Å². The Morgan fingerprint density at radius 1 is 1.22 bits per heavy atom. The number of hydrogen-bond acceptors (Lipinski definition) is 5. The standard InChI is InChI=1S/C20H25ClN2O3S/c21-16-12-15(13-18-19(24)23(22)20(25)27-18)9-10-17(16)26-11-5-4-8-14-6-2-1-3-7-14/h9-10,12-14H,1-8,11,22H2/b18-13-. The second-order valence-corrected chi connectivity index (χ2v) is 8.49. The number of halogens is 1. The number of hydrazine groups is 1. The first-order chi connectivity index (χ1) is 13.0. The number of imide groups is 1. The van der Waals surface area contributed by atoms with E-state index in [2.05, 4.69) is 0 Å². The van der Waals surface area contributed by atoms with Crippen molar-refractivity contribution in [3.05, 3.63) is 33.7 Å². The van der Waals surface area contributed by atoms with E-state index >= 15 is 0 Å². The van der Waals surface area contributed by atoms with Crippen molar-refractivity contribution in [3.63, 3.8) is 0 Å². The highest BCUT2D eigenvalue weighted by Crippen LogP contribution is 2.32. The Bertz CT molecular complexity index is 732. The zero-order valence-electron chi connectivity index (χ0n) is 15.3. The molecule has 1 aromatic rings. The number of nitrogens with two attached hydrogens (primary N) is 1. The maximum Gasteiger partial charge on any atom is 0.307 e. The fraction of sp³-hybridized carbons (Fsp3) is 0.500. The van der Waals surface area contributed by atoms with Gasteiger partial charge in [0.1, 0.15) is 5.75 Å². The number of rotatable bonds is 7. The minimum absolute atomic E-state index is 0.287. The normalized spacial score (nSPS) is 19.9. The van der Waals surface area contributed by atoms with Crippen molar-refractivity contribution in [1.82, 2.24) is 5.01 Å². The molecule has 7 heteroatoms. The lowest BCUT2D eigenvalue weighted by molar-refractivity contribution is -0.122. The smallest absolute Gasteiger partial charge is 0.307 e. The van der Waals surface area contributed by atoms with Crippen LogP contribution in [-0.2, 0) is 4.79 Å². The van der Waals surface area contributed by atoms with Gasteiger partial charge in [-0.3, -0.25) is 9.59 Å². The van der Waals surface area contributed by atoms with Gasteiger partial charge in [-0.05, 0) is 54.3 Å². The van der Waals surface area contributed by atoms with Gasteiger partial charge in [0, 0.05) is 0 Å². The Labute approximate surface area is 169 Å². The molecule has 0 unspecified atom stereocenters. The van der Waals surface area contributed by atoms with E-state index in [9.17, 15) is 9.59 Å². The van der Waals surface area contributed by atoms with E-state index in [4.69, 9.17) is 22.2 Å². The molecule has 5 nitrogen and oxygen atoms in total. The van der Waals surface area contributed by atoms with Crippen molar-refractivity contribution in [3.8, 4) is 5.75 Å². The van der Waals surface area contributed by atoms with Crippen LogP contribution >= 0.6 is 23.4 Å². The lowest BCUT2D eigenvalue weighted by Crippen LogP contribution is -2.34. The predicted molar refractivity (Wildman–Crippen MR) is 109 cm³/mol. The molecule has 27 heavy (non-hydrogen) atoms. The SMILES string of the molecule is NN1C(=O)S/C(=C\c2ccc(OCCCCC3CCCCC3)c(Cl)c2)C1=O. The molecule has 0 spiro atoms. The van der Waals surface area contributed by atoms with E-state index in [1.807, 2.05) is 6.07 Å². The van der Waals surface area contributed by atoms with Crippen molar-refractivity contribution in [2.75, 3.05) is 6.61 Å². The zero-order valence-corrected chi connectivity index (χ0v) is 16.9. The highest BCUT2D eigenvalue weighted by molar-refractivity contribution is 8.18. The summed E-state index contributed by atoms with van der Waals surface area (Å²) < 4.78 is 5.80. The monoisotopic (exact) mass is 408 g/mol. The Morgan fingerprint density at radius 3 is 2.67 bits per heavy atom. The van der Waals surface area contributed by atoms with Gasteiger partial charge in [0.2, 0.25) is 0 Å². The second-order valence-electron chi connectivity index (χ2n) is 7.09. The van der Waals surface area contributed by atoms with Crippen LogP contribution in [0.3, 0.4) is 0 Å². The Hall–Kier alpha value is -1.50. The molecule has 1 aliphatic carbocycles. The average Bonchev–Trinajstić information content (AvgIpc) is 2.90. The molecule has 1 saturated heterocycles. The fourth-order valence-corrected chi connectivity index (χ4v) is 4.54. The summed E-state index contributed by atoms with van der Waals surface area (Å²) in [6.45, 7) is 0.651. The first-order valence-corrected chi connectivity index (χ1v) is 10.7. The molecule has 2 amide bonds. The molecule has 0 atom stereocenters. The largest absolute Gasteiger partial charge is 0.492 e. The van der Waals surface area contributed by atoms with Crippen LogP contribution in [-0.4, -0.2) is 22.8 Å². The minimum Gasteiger partial charge on any atom is -0.492 e. The Morgan fingerprint density at radius 2 is 2.00 bits per heavy atom.